The number of esters is 2. The van der Waals surface area contributed by atoms with E-state index in [2.05, 4.69) is 0 Å². The van der Waals surface area contributed by atoms with Gasteiger partial charge in [-0.3, -0.25) is 9.59 Å². The molecule has 0 aliphatic rings. The largest absolute Gasteiger partial charge is 0.466 e. The molecule has 0 unspecified atom stereocenters. The average molecular weight is 340 g/mol. The first-order chi connectivity index (χ1) is 9.43. The van der Waals surface area contributed by atoms with Crippen LogP contribution >= 0.6 is 34.8 Å². The van der Waals surface area contributed by atoms with Gasteiger partial charge in [-0.25, -0.2) is 0 Å². The maximum Gasteiger partial charge on any atom is 0.311 e. The fraction of sp³-hybridized carbons (Fsp3) is 0.385. The van der Waals surface area contributed by atoms with Crippen LogP contribution in [-0.2, 0) is 14.3 Å². The van der Waals surface area contributed by atoms with E-state index in [1.54, 1.807) is 0 Å². The van der Waals surface area contributed by atoms with Crippen LogP contribution < -0.4 is 4.74 Å². The maximum atomic E-state index is 11.5. The van der Waals surface area contributed by atoms with Gasteiger partial charge >= 0.3 is 11.9 Å². The SMILES string of the molecule is CCCOC(=O)CCC(=O)Oc1cc(Cl)c(Cl)c(Cl)c1. The predicted octanol–water partition coefficient (Wildman–Crippen LogP) is 4.29. The third-order valence-electron chi connectivity index (χ3n) is 2.19. The molecule has 0 heterocycles. The van der Waals surface area contributed by atoms with Gasteiger partial charge < -0.3 is 9.47 Å². The summed E-state index contributed by atoms with van der Waals surface area (Å²) in [4.78, 5) is 22.8. The fourth-order valence-corrected chi connectivity index (χ4v) is 1.84. The molecule has 0 aliphatic carbocycles. The molecule has 1 aromatic rings. The molecule has 0 bridgehead atoms. The maximum absolute atomic E-state index is 11.5. The zero-order valence-corrected chi connectivity index (χ0v) is 13.0. The standard InChI is InChI=1S/C13H13Cl3O4/c1-2-5-19-11(17)3-4-12(18)20-8-6-9(14)13(16)10(15)7-8/h6-7H,2-5H2,1H3. The van der Waals surface area contributed by atoms with Crippen LogP contribution in [0, 0.1) is 0 Å². The Labute approximate surface area is 131 Å². The van der Waals surface area contributed by atoms with Crippen molar-refractivity contribution in [1.82, 2.24) is 0 Å². The van der Waals surface area contributed by atoms with Gasteiger partial charge in [-0.15, -0.1) is 0 Å². The Kier molecular flexibility index (Phi) is 7.13. The normalized spacial score (nSPS) is 10.2. The smallest absolute Gasteiger partial charge is 0.311 e. The number of halogens is 3. The molecule has 0 atom stereocenters. The van der Waals surface area contributed by atoms with Crippen LogP contribution in [0.2, 0.25) is 15.1 Å². The molecular weight excluding hydrogens is 326 g/mol. The van der Waals surface area contributed by atoms with Gasteiger partial charge in [0.15, 0.2) is 0 Å². The Morgan fingerprint density at radius 3 is 2.15 bits per heavy atom. The van der Waals surface area contributed by atoms with Crippen molar-refractivity contribution in [3.05, 3.63) is 27.2 Å². The minimum absolute atomic E-state index is 0.0338. The third-order valence-corrected chi connectivity index (χ3v) is 3.39. The fourth-order valence-electron chi connectivity index (χ4n) is 1.27. The number of hydrogen-bond donors (Lipinski definition) is 0. The molecule has 110 valence electrons. The van der Waals surface area contributed by atoms with Gasteiger partial charge in [0.1, 0.15) is 5.75 Å². The summed E-state index contributed by atoms with van der Waals surface area (Å²) in [5, 5.41) is 0.560. The minimum Gasteiger partial charge on any atom is -0.466 e. The first-order valence-corrected chi connectivity index (χ1v) is 7.08. The van der Waals surface area contributed by atoms with E-state index >= 15 is 0 Å². The summed E-state index contributed by atoms with van der Waals surface area (Å²) >= 11 is 17.4. The first-order valence-electron chi connectivity index (χ1n) is 5.95. The number of carbonyl (C=O) groups is 2. The van der Waals surface area contributed by atoms with Crippen molar-refractivity contribution < 1.29 is 19.1 Å². The molecule has 0 amide bonds. The average Bonchev–Trinajstić information content (AvgIpc) is 2.40. The van der Waals surface area contributed by atoms with Crippen LogP contribution in [0.4, 0.5) is 0 Å². The molecule has 0 aromatic heterocycles. The van der Waals surface area contributed by atoms with E-state index in [1.807, 2.05) is 6.92 Å². The van der Waals surface area contributed by atoms with Gasteiger partial charge in [0.2, 0.25) is 0 Å². The second-order valence-corrected chi connectivity index (χ2v) is 5.09. The van der Waals surface area contributed by atoms with E-state index in [-0.39, 0.29) is 33.7 Å². The highest BCUT2D eigenvalue weighted by Crippen LogP contribution is 2.34. The lowest BCUT2D eigenvalue weighted by molar-refractivity contribution is -0.146. The highest BCUT2D eigenvalue weighted by atomic mass is 35.5. The molecule has 0 N–H and O–H groups in total. The van der Waals surface area contributed by atoms with Crippen LogP contribution in [0.15, 0.2) is 12.1 Å². The summed E-state index contributed by atoms with van der Waals surface area (Å²) < 4.78 is 9.85. The zero-order chi connectivity index (χ0) is 15.1. The minimum atomic E-state index is -0.576. The number of ether oxygens (including phenoxy) is 2. The highest BCUT2D eigenvalue weighted by Gasteiger charge is 2.12. The molecule has 0 saturated carbocycles. The lowest BCUT2D eigenvalue weighted by Gasteiger charge is -2.07. The highest BCUT2D eigenvalue weighted by molar-refractivity contribution is 6.48. The van der Waals surface area contributed by atoms with E-state index in [9.17, 15) is 9.59 Å². The molecule has 7 heteroatoms. The van der Waals surface area contributed by atoms with Gasteiger partial charge in [0.25, 0.3) is 0 Å². The Morgan fingerprint density at radius 1 is 1.05 bits per heavy atom. The van der Waals surface area contributed by atoms with Gasteiger partial charge in [-0.2, -0.15) is 0 Å². The van der Waals surface area contributed by atoms with Gasteiger partial charge in [0, 0.05) is 12.1 Å². The number of benzene rings is 1. The first kappa shape index (κ1) is 17.1. The lowest BCUT2D eigenvalue weighted by Crippen LogP contribution is -2.12. The van der Waals surface area contributed by atoms with Gasteiger partial charge in [-0.1, -0.05) is 41.7 Å². The molecule has 0 spiro atoms. The molecule has 0 radical (unpaired) electrons. The van der Waals surface area contributed by atoms with Crippen LogP contribution in [0.25, 0.3) is 0 Å². The molecule has 1 rings (SSSR count). The summed E-state index contributed by atoms with van der Waals surface area (Å²) in [5.41, 5.74) is 0. The van der Waals surface area contributed by atoms with Crippen LogP contribution in [0.5, 0.6) is 5.75 Å². The molecule has 0 saturated heterocycles. The summed E-state index contributed by atoms with van der Waals surface area (Å²) in [6.45, 7) is 2.23. The molecule has 20 heavy (non-hydrogen) atoms. The Bertz CT molecular complexity index is 479. The summed E-state index contributed by atoms with van der Waals surface area (Å²) in [7, 11) is 0. The second kappa shape index (κ2) is 8.35. The molecule has 1 aromatic carbocycles. The molecule has 0 fully saturated rings. The van der Waals surface area contributed by atoms with Crippen molar-refractivity contribution in [3.63, 3.8) is 0 Å². The van der Waals surface area contributed by atoms with Crippen LogP contribution in [0.3, 0.4) is 0 Å². The zero-order valence-electron chi connectivity index (χ0n) is 10.8. The summed E-state index contributed by atoms with van der Waals surface area (Å²) in [6, 6.07) is 2.76. The summed E-state index contributed by atoms with van der Waals surface area (Å²) in [6.07, 6.45) is 0.617. The molecular formula is C13H13Cl3O4. The van der Waals surface area contributed by atoms with Crippen LogP contribution in [-0.4, -0.2) is 18.5 Å². The lowest BCUT2D eigenvalue weighted by atomic mass is 10.3. The van der Waals surface area contributed by atoms with E-state index in [0.29, 0.717) is 6.61 Å². The molecule has 4 nitrogen and oxygen atoms in total. The number of carbonyl (C=O) groups excluding carboxylic acids is 2. The van der Waals surface area contributed by atoms with E-state index in [1.165, 1.54) is 12.1 Å². The van der Waals surface area contributed by atoms with E-state index < -0.39 is 11.9 Å². The Hall–Kier alpha value is -0.970. The summed E-state index contributed by atoms with van der Waals surface area (Å²) in [5.74, 6) is -0.833. The number of rotatable bonds is 6. The van der Waals surface area contributed by atoms with Crippen molar-refractivity contribution >= 4 is 46.7 Å². The van der Waals surface area contributed by atoms with Gasteiger partial charge in [-0.05, 0) is 6.42 Å². The van der Waals surface area contributed by atoms with Crippen molar-refractivity contribution in [3.8, 4) is 5.75 Å². The van der Waals surface area contributed by atoms with E-state index in [4.69, 9.17) is 44.3 Å². The van der Waals surface area contributed by atoms with Crippen molar-refractivity contribution in [2.75, 3.05) is 6.61 Å². The second-order valence-electron chi connectivity index (χ2n) is 3.90. The monoisotopic (exact) mass is 338 g/mol. The molecule has 0 aliphatic heterocycles. The topological polar surface area (TPSA) is 52.6 Å². The third kappa shape index (κ3) is 5.57. The predicted molar refractivity (Wildman–Crippen MR) is 77.6 cm³/mol. The Balaban J connectivity index is 2.49. The van der Waals surface area contributed by atoms with E-state index in [0.717, 1.165) is 6.42 Å². The van der Waals surface area contributed by atoms with Crippen molar-refractivity contribution in [2.24, 2.45) is 0 Å². The number of hydrogen-bond acceptors (Lipinski definition) is 4. The van der Waals surface area contributed by atoms with Crippen molar-refractivity contribution in [1.29, 1.82) is 0 Å². The quantitative estimate of drug-likeness (QED) is 0.441. The van der Waals surface area contributed by atoms with Gasteiger partial charge in [0.05, 0.1) is 34.5 Å². The van der Waals surface area contributed by atoms with Crippen LogP contribution in [0.1, 0.15) is 26.2 Å². The van der Waals surface area contributed by atoms with Crippen molar-refractivity contribution in [2.45, 2.75) is 26.2 Å². The Morgan fingerprint density at radius 2 is 1.60 bits per heavy atom.